The number of anilines is 2. The van der Waals surface area contributed by atoms with E-state index in [1.54, 1.807) is 6.92 Å². The topological polar surface area (TPSA) is 32.3 Å². The molecule has 0 bridgehead atoms. The first-order valence-corrected chi connectivity index (χ1v) is 8.12. The highest BCUT2D eigenvalue weighted by atomic mass is 16.2. The SMILES string of the molecule is CC(=O)N1CCc2cc(NC3CCC(C)(C)CC3)ccc21. The molecule has 21 heavy (non-hydrogen) atoms. The van der Waals surface area contributed by atoms with Gasteiger partial charge in [0.15, 0.2) is 0 Å². The van der Waals surface area contributed by atoms with Crippen LogP contribution in [0.4, 0.5) is 11.4 Å². The van der Waals surface area contributed by atoms with E-state index in [4.69, 9.17) is 0 Å². The summed E-state index contributed by atoms with van der Waals surface area (Å²) in [6.45, 7) is 7.21. The van der Waals surface area contributed by atoms with Gasteiger partial charge in [0.1, 0.15) is 0 Å². The third kappa shape index (κ3) is 3.07. The van der Waals surface area contributed by atoms with Crippen LogP contribution in [0.5, 0.6) is 0 Å². The summed E-state index contributed by atoms with van der Waals surface area (Å²) in [6, 6.07) is 7.05. The van der Waals surface area contributed by atoms with E-state index in [0.29, 0.717) is 11.5 Å². The molecule has 1 aliphatic carbocycles. The minimum atomic E-state index is 0.143. The van der Waals surface area contributed by atoms with Crippen LogP contribution in [0.3, 0.4) is 0 Å². The van der Waals surface area contributed by atoms with Crippen molar-refractivity contribution in [1.29, 1.82) is 0 Å². The second-order valence-corrected chi connectivity index (χ2v) is 7.35. The van der Waals surface area contributed by atoms with Crippen LogP contribution in [0.1, 0.15) is 52.0 Å². The number of hydrogen-bond acceptors (Lipinski definition) is 2. The molecule has 1 amide bonds. The Morgan fingerprint density at radius 1 is 1.29 bits per heavy atom. The molecule has 0 spiro atoms. The first-order valence-electron chi connectivity index (χ1n) is 8.12. The molecule has 2 aliphatic rings. The average molecular weight is 286 g/mol. The van der Waals surface area contributed by atoms with Crippen molar-refractivity contribution in [2.45, 2.75) is 58.9 Å². The predicted octanol–water partition coefficient (Wildman–Crippen LogP) is 3.98. The summed E-state index contributed by atoms with van der Waals surface area (Å²) < 4.78 is 0. The predicted molar refractivity (Wildman–Crippen MR) is 87.8 cm³/mol. The van der Waals surface area contributed by atoms with E-state index >= 15 is 0 Å². The van der Waals surface area contributed by atoms with Gasteiger partial charge >= 0.3 is 0 Å². The molecule has 1 aromatic carbocycles. The van der Waals surface area contributed by atoms with Crippen molar-refractivity contribution in [3.05, 3.63) is 23.8 Å². The Hall–Kier alpha value is -1.51. The lowest BCUT2D eigenvalue weighted by Gasteiger charge is -2.35. The van der Waals surface area contributed by atoms with Crippen molar-refractivity contribution in [3.63, 3.8) is 0 Å². The zero-order valence-corrected chi connectivity index (χ0v) is 13.4. The first-order chi connectivity index (χ1) is 9.94. The molecular formula is C18H26N2O. The lowest BCUT2D eigenvalue weighted by atomic mass is 9.75. The minimum absolute atomic E-state index is 0.143. The van der Waals surface area contributed by atoms with E-state index in [2.05, 4.69) is 37.4 Å². The fraction of sp³-hybridized carbons (Fsp3) is 0.611. The molecule has 114 valence electrons. The normalized spacial score (nSPS) is 21.2. The van der Waals surface area contributed by atoms with Crippen molar-refractivity contribution in [2.24, 2.45) is 5.41 Å². The molecule has 3 heteroatoms. The third-order valence-electron chi connectivity index (χ3n) is 5.07. The van der Waals surface area contributed by atoms with Gasteiger partial charge in [-0.05, 0) is 61.3 Å². The van der Waals surface area contributed by atoms with Crippen LogP contribution in [0.2, 0.25) is 0 Å². The molecule has 1 N–H and O–H groups in total. The van der Waals surface area contributed by atoms with Gasteiger partial charge in [-0.1, -0.05) is 13.8 Å². The van der Waals surface area contributed by atoms with Crippen molar-refractivity contribution < 1.29 is 4.79 Å². The van der Waals surface area contributed by atoms with Crippen molar-refractivity contribution in [3.8, 4) is 0 Å². The van der Waals surface area contributed by atoms with Gasteiger partial charge in [0.2, 0.25) is 5.91 Å². The fourth-order valence-electron chi connectivity index (χ4n) is 3.60. The number of rotatable bonds is 2. The van der Waals surface area contributed by atoms with Gasteiger partial charge in [-0.25, -0.2) is 0 Å². The summed E-state index contributed by atoms with van der Waals surface area (Å²) in [7, 11) is 0. The number of nitrogens with one attached hydrogen (secondary N) is 1. The van der Waals surface area contributed by atoms with Crippen LogP contribution < -0.4 is 10.2 Å². The zero-order valence-electron chi connectivity index (χ0n) is 13.4. The summed E-state index contributed by atoms with van der Waals surface area (Å²) in [4.78, 5) is 13.5. The molecule has 1 aliphatic heterocycles. The maximum Gasteiger partial charge on any atom is 0.223 e. The highest BCUT2D eigenvalue weighted by Crippen LogP contribution is 2.37. The molecule has 0 radical (unpaired) electrons. The van der Waals surface area contributed by atoms with E-state index in [-0.39, 0.29) is 5.91 Å². The Labute approximate surface area is 127 Å². The maximum absolute atomic E-state index is 11.6. The number of fused-ring (bicyclic) bond motifs is 1. The summed E-state index contributed by atoms with van der Waals surface area (Å²) >= 11 is 0. The Morgan fingerprint density at radius 2 is 2.00 bits per heavy atom. The molecule has 3 rings (SSSR count). The van der Waals surface area contributed by atoms with Crippen molar-refractivity contribution in [1.82, 2.24) is 0 Å². The summed E-state index contributed by atoms with van der Waals surface area (Å²) in [6.07, 6.45) is 6.08. The highest BCUT2D eigenvalue weighted by molar-refractivity contribution is 5.94. The van der Waals surface area contributed by atoms with E-state index in [1.165, 1.54) is 36.9 Å². The Bertz CT molecular complexity index is 540. The molecule has 0 aromatic heterocycles. The van der Waals surface area contributed by atoms with E-state index < -0.39 is 0 Å². The highest BCUT2D eigenvalue weighted by Gasteiger charge is 2.27. The first kappa shape index (κ1) is 14.4. The minimum Gasteiger partial charge on any atom is -0.382 e. The van der Waals surface area contributed by atoms with Gasteiger partial charge in [-0.3, -0.25) is 4.79 Å². The largest absolute Gasteiger partial charge is 0.382 e. The van der Waals surface area contributed by atoms with Gasteiger partial charge in [0.05, 0.1) is 0 Å². The van der Waals surface area contributed by atoms with Gasteiger partial charge in [0.25, 0.3) is 0 Å². The van der Waals surface area contributed by atoms with Crippen LogP contribution in [0.25, 0.3) is 0 Å². The monoisotopic (exact) mass is 286 g/mol. The molecular weight excluding hydrogens is 260 g/mol. The molecule has 0 atom stereocenters. The molecule has 1 fully saturated rings. The smallest absolute Gasteiger partial charge is 0.223 e. The Kier molecular flexibility index (Phi) is 3.68. The van der Waals surface area contributed by atoms with Gasteiger partial charge in [-0.15, -0.1) is 0 Å². The summed E-state index contributed by atoms with van der Waals surface area (Å²) in [5.74, 6) is 0.143. The van der Waals surface area contributed by atoms with E-state index in [1.807, 2.05) is 4.90 Å². The number of benzene rings is 1. The molecule has 1 aromatic rings. The number of nitrogens with zero attached hydrogens (tertiary/aromatic N) is 1. The third-order valence-corrected chi connectivity index (χ3v) is 5.07. The lowest BCUT2D eigenvalue weighted by Crippen LogP contribution is -2.29. The zero-order chi connectivity index (χ0) is 15.0. The van der Waals surface area contributed by atoms with Crippen molar-refractivity contribution in [2.75, 3.05) is 16.8 Å². The number of amides is 1. The fourth-order valence-corrected chi connectivity index (χ4v) is 3.60. The van der Waals surface area contributed by atoms with Crippen LogP contribution in [-0.4, -0.2) is 18.5 Å². The summed E-state index contributed by atoms with van der Waals surface area (Å²) in [5.41, 5.74) is 4.12. The van der Waals surface area contributed by atoms with E-state index in [0.717, 1.165) is 18.7 Å². The van der Waals surface area contributed by atoms with Crippen LogP contribution in [0, 0.1) is 5.41 Å². The van der Waals surface area contributed by atoms with Crippen molar-refractivity contribution >= 4 is 17.3 Å². The quantitative estimate of drug-likeness (QED) is 0.892. The molecule has 0 saturated heterocycles. The molecule has 3 nitrogen and oxygen atoms in total. The van der Waals surface area contributed by atoms with Gasteiger partial charge < -0.3 is 10.2 Å². The van der Waals surface area contributed by atoms with Crippen LogP contribution >= 0.6 is 0 Å². The number of carbonyl (C=O) groups excluding carboxylic acids is 1. The molecule has 1 saturated carbocycles. The van der Waals surface area contributed by atoms with E-state index in [9.17, 15) is 4.79 Å². The van der Waals surface area contributed by atoms with Crippen LogP contribution in [-0.2, 0) is 11.2 Å². The molecule has 1 heterocycles. The standard InChI is InChI=1S/C18H26N2O/c1-13(21)20-11-8-14-12-16(4-5-17(14)20)19-15-6-9-18(2,3)10-7-15/h4-5,12,15,19H,6-11H2,1-3H3. The Morgan fingerprint density at radius 3 is 2.67 bits per heavy atom. The number of carbonyl (C=O) groups is 1. The Balaban J connectivity index is 1.67. The second kappa shape index (κ2) is 5.36. The second-order valence-electron chi connectivity index (χ2n) is 7.35. The van der Waals surface area contributed by atoms with Crippen LogP contribution in [0.15, 0.2) is 18.2 Å². The maximum atomic E-state index is 11.6. The average Bonchev–Trinajstić information content (AvgIpc) is 2.84. The van der Waals surface area contributed by atoms with Gasteiger partial charge in [-0.2, -0.15) is 0 Å². The van der Waals surface area contributed by atoms with Gasteiger partial charge in [0, 0.05) is 30.9 Å². The lowest BCUT2D eigenvalue weighted by molar-refractivity contribution is -0.116. The molecule has 0 unspecified atom stereocenters. The summed E-state index contributed by atoms with van der Waals surface area (Å²) in [5, 5.41) is 3.69. The number of hydrogen-bond donors (Lipinski definition) is 1.